The van der Waals surface area contributed by atoms with E-state index < -0.39 is 0 Å². The molecule has 0 radical (unpaired) electrons. The van der Waals surface area contributed by atoms with Crippen LogP contribution in [0.15, 0.2) is 22.9 Å². The van der Waals surface area contributed by atoms with Crippen molar-refractivity contribution in [3.05, 3.63) is 22.9 Å². The van der Waals surface area contributed by atoms with E-state index in [4.69, 9.17) is 5.73 Å². The van der Waals surface area contributed by atoms with Crippen LogP contribution in [0.5, 0.6) is 0 Å². The molecule has 0 saturated heterocycles. The minimum Gasteiger partial charge on any atom is -0.383 e. The van der Waals surface area contributed by atoms with E-state index in [-0.39, 0.29) is 0 Å². The van der Waals surface area contributed by atoms with Gasteiger partial charge in [0.2, 0.25) is 0 Å². The van der Waals surface area contributed by atoms with Gasteiger partial charge >= 0.3 is 0 Å². The topological polar surface area (TPSA) is 69.6 Å². The quantitative estimate of drug-likeness (QED) is 0.830. The lowest BCUT2D eigenvalue weighted by atomic mass is 10.2. The fraction of sp³-hybridized carbons (Fsp3) is 0.125. The summed E-state index contributed by atoms with van der Waals surface area (Å²) in [5.41, 5.74) is 7.23. The van der Waals surface area contributed by atoms with Gasteiger partial charge in [-0.1, -0.05) is 0 Å². The average Bonchev–Trinajstić information content (AvgIpc) is 2.56. The van der Waals surface area contributed by atoms with Gasteiger partial charge in [0.05, 0.1) is 6.20 Å². The van der Waals surface area contributed by atoms with Crippen LogP contribution in [0.4, 0.5) is 5.82 Å². The van der Waals surface area contributed by atoms with Gasteiger partial charge in [-0.25, -0.2) is 4.98 Å². The van der Waals surface area contributed by atoms with Crippen LogP contribution in [-0.4, -0.2) is 20.0 Å². The number of hydrogen-bond acceptors (Lipinski definition) is 4. The lowest BCUT2D eigenvalue weighted by Gasteiger charge is -2.00. The smallest absolute Gasteiger partial charge is 0.133 e. The van der Waals surface area contributed by atoms with E-state index in [0.29, 0.717) is 5.82 Å². The molecule has 0 aliphatic rings. The fourth-order valence-corrected chi connectivity index (χ4v) is 1.46. The van der Waals surface area contributed by atoms with Crippen LogP contribution in [0.25, 0.3) is 11.3 Å². The molecule has 0 aliphatic heterocycles. The predicted octanol–water partition coefficient (Wildman–Crippen LogP) is 1.22. The molecule has 2 rings (SSSR count). The van der Waals surface area contributed by atoms with E-state index in [1.165, 1.54) is 4.80 Å². The van der Waals surface area contributed by atoms with Crippen molar-refractivity contribution in [2.24, 2.45) is 7.05 Å². The van der Waals surface area contributed by atoms with Gasteiger partial charge < -0.3 is 5.73 Å². The second-order valence-corrected chi connectivity index (χ2v) is 3.72. The molecule has 0 unspecified atom stereocenters. The van der Waals surface area contributed by atoms with Gasteiger partial charge in [0, 0.05) is 23.3 Å². The summed E-state index contributed by atoms with van der Waals surface area (Å²) in [6, 6.07) is 1.87. The first-order chi connectivity index (χ1) is 6.66. The maximum Gasteiger partial charge on any atom is 0.133 e. The Kier molecular flexibility index (Phi) is 2.20. The van der Waals surface area contributed by atoms with Crippen LogP contribution in [-0.2, 0) is 7.05 Å². The summed E-state index contributed by atoms with van der Waals surface area (Å²) < 4.78 is 0.868. The molecular weight excluding hydrogens is 246 g/mol. The van der Waals surface area contributed by atoms with Crippen molar-refractivity contribution in [3.63, 3.8) is 0 Å². The second kappa shape index (κ2) is 3.38. The van der Waals surface area contributed by atoms with Crippen molar-refractivity contribution in [1.82, 2.24) is 20.0 Å². The number of nitrogens with zero attached hydrogens (tertiary/aromatic N) is 4. The van der Waals surface area contributed by atoms with E-state index in [9.17, 15) is 0 Å². The van der Waals surface area contributed by atoms with Gasteiger partial charge in [-0.05, 0) is 22.0 Å². The summed E-state index contributed by atoms with van der Waals surface area (Å²) in [6.07, 6.45) is 3.30. The molecule has 2 aromatic heterocycles. The average molecular weight is 254 g/mol. The lowest BCUT2D eigenvalue weighted by Crippen LogP contribution is -1.95. The maximum atomic E-state index is 5.72. The van der Waals surface area contributed by atoms with Crippen LogP contribution in [0.3, 0.4) is 0 Å². The first kappa shape index (κ1) is 9.14. The summed E-state index contributed by atoms with van der Waals surface area (Å²) >= 11 is 3.33. The molecule has 0 bridgehead atoms. The molecule has 2 N–H and O–H groups in total. The molecule has 0 aliphatic carbocycles. The summed E-state index contributed by atoms with van der Waals surface area (Å²) in [5, 5.41) is 8.12. The second-order valence-electron chi connectivity index (χ2n) is 2.81. The molecular formula is C8H8BrN5. The number of aryl methyl sites for hydroxylation is 1. The minimum atomic E-state index is 0.453. The van der Waals surface area contributed by atoms with Gasteiger partial charge in [-0.2, -0.15) is 15.0 Å². The molecule has 0 fully saturated rings. The first-order valence-electron chi connectivity index (χ1n) is 3.94. The maximum absolute atomic E-state index is 5.72. The van der Waals surface area contributed by atoms with Crippen LogP contribution in [0.1, 0.15) is 0 Å². The van der Waals surface area contributed by atoms with Crippen molar-refractivity contribution in [2.75, 3.05) is 5.73 Å². The number of rotatable bonds is 1. The Morgan fingerprint density at radius 2 is 2.21 bits per heavy atom. The third-order valence-corrected chi connectivity index (χ3v) is 2.19. The monoisotopic (exact) mass is 253 g/mol. The van der Waals surface area contributed by atoms with E-state index in [1.807, 2.05) is 6.07 Å². The summed E-state index contributed by atoms with van der Waals surface area (Å²) in [5.74, 6) is 0.453. The van der Waals surface area contributed by atoms with Crippen molar-refractivity contribution in [3.8, 4) is 11.3 Å². The number of nitrogen functional groups attached to an aromatic ring is 1. The largest absolute Gasteiger partial charge is 0.383 e. The Balaban J connectivity index is 2.55. The van der Waals surface area contributed by atoms with Crippen molar-refractivity contribution in [1.29, 1.82) is 0 Å². The number of aromatic nitrogens is 4. The molecule has 72 valence electrons. The highest BCUT2D eigenvalue weighted by Crippen LogP contribution is 2.24. The molecule has 0 amide bonds. The Morgan fingerprint density at radius 3 is 2.86 bits per heavy atom. The van der Waals surface area contributed by atoms with Gasteiger partial charge in [-0.15, -0.1) is 0 Å². The van der Waals surface area contributed by atoms with Crippen LogP contribution < -0.4 is 5.73 Å². The van der Waals surface area contributed by atoms with Crippen LogP contribution >= 0.6 is 15.9 Å². The Hall–Kier alpha value is -1.43. The highest BCUT2D eigenvalue weighted by Gasteiger charge is 2.07. The third-order valence-electron chi connectivity index (χ3n) is 1.76. The van der Waals surface area contributed by atoms with Crippen molar-refractivity contribution < 1.29 is 0 Å². The van der Waals surface area contributed by atoms with Gasteiger partial charge in [-0.3, -0.25) is 0 Å². The molecule has 5 nitrogen and oxygen atoms in total. The number of pyridine rings is 1. The summed E-state index contributed by atoms with van der Waals surface area (Å²) in [7, 11) is 1.76. The first-order valence-corrected chi connectivity index (χ1v) is 4.74. The normalized spacial score (nSPS) is 10.4. The Labute approximate surface area is 89.1 Å². The summed E-state index contributed by atoms with van der Waals surface area (Å²) in [4.78, 5) is 5.50. The van der Waals surface area contributed by atoms with Crippen molar-refractivity contribution in [2.45, 2.75) is 0 Å². The number of anilines is 1. The standard InChI is InChI=1S/C8H8BrN5/c1-14-12-4-7(13-14)6-2-5(9)3-11-8(6)10/h2-4H,1H3,(H2,10,11). The van der Waals surface area contributed by atoms with Crippen LogP contribution in [0.2, 0.25) is 0 Å². The third kappa shape index (κ3) is 1.60. The van der Waals surface area contributed by atoms with E-state index in [2.05, 4.69) is 31.1 Å². The lowest BCUT2D eigenvalue weighted by molar-refractivity contribution is 0.655. The zero-order valence-corrected chi connectivity index (χ0v) is 9.06. The predicted molar refractivity (Wildman–Crippen MR) is 56.3 cm³/mol. The molecule has 2 aromatic rings. The Bertz CT molecular complexity index is 465. The molecule has 6 heteroatoms. The zero-order chi connectivity index (χ0) is 10.1. The molecule has 0 atom stereocenters. The minimum absolute atomic E-state index is 0.453. The molecule has 0 aromatic carbocycles. The van der Waals surface area contributed by atoms with Crippen LogP contribution in [0, 0.1) is 0 Å². The molecule has 0 spiro atoms. The van der Waals surface area contributed by atoms with E-state index in [1.54, 1.807) is 19.4 Å². The number of hydrogen-bond donors (Lipinski definition) is 1. The van der Waals surface area contributed by atoms with Gasteiger partial charge in [0.25, 0.3) is 0 Å². The summed E-state index contributed by atoms with van der Waals surface area (Å²) in [6.45, 7) is 0. The SMILES string of the molecule is Cn1ncc(-c2cc(Br)cnc2N)n1. The number of nitrogens with two attached hydrogens (primary N) is 1. The van der Waals surface area contributed by atoms with Crippen molar-refractivity contribution >= 4 is 21.7 Å². The Morgan fingerprint density at radius 1 is 1.43 bits per heavy atom. The highest BCUT2D eigenvalue weighted by molar-refractivity contribution is 9.10. The van der Waals surface area contributed by atoms with Gasteiger partial charge in [0.15, 0.2) is 0 Å². The molecule has 2 heterocycles. The molecule has 14 heavy (non-hydrogen) atoms. The highest BCUT2D eigenvalue weighted by atomic mass is 79.9. The molecule has 0 saturated carbocycles. The number of halogens is 1. The fourth-order valence-electron chi connectivity index (χ4n) is 1.12. The van der Waals surface area contributed by atoms with E-state index in [0.717, 1.165) is 15.7 Å². The van der Waals surface area contributed by atoms with E-state index >= 15 is 0 Å². The van der Waals surface area contributed by atoms with Gasteiger partial charge in [0.1, 0.15) is 11.5 Å². The zero-order valence-electron chi connectivity index (χ0n) is 7.48.